The van der Waals surface area contributed by atoms with Crippen molar-refractivity contribution in [1.82, 2.24) is 10.1 Å². The molecule has 0 amide bonds. The van der Waals surface area contributed by atoms with Gasteiger partial charge in [-0.3, -0.25) is 4.31 Å². The van der Waals surface area contributed by atoms with Crippen LogP contribution in [0.2, 0.25) is 0 Å². The Morgan fingerprint density at radius 1 is 1.06 bits per heavy atom. The van der Waals surface area contributed by atoms with Gasteiger partial charge in [-0.1, -0.05) is 54.9 Å². The van der Waals surface area contributed by atoms with Crippen LogP contribution in [0, 0.1) is 0 Å². The van der Waals surface area contributed by atoms with Crippen molar-refractivity contribution in [3.05, 3.63) is 71.9 Å². The first kappa shape index (κ1) is 22.5. The van der Waals surface area contributed by atoms with Crippen molar-refractivity contribution in [3.8, 4) is 0 Å². The molecule has 164 valence electrons. The molecule has 0 spiro atoms. The maximum Gasteiger partial charge on any atom is 0.471 e. The number of hydrogen-bond donors (Lipinski definition) is 0. The minimum Gasteiger partial charge on any atom is -0.329 e. The van der Waals surface area contributed by atoms with Crippen LogP contribution < -0.4 is 4.31 Å². The molecule has 0 N–H and O–H groups in total. The third-order valence-electron chi connectivity index (χ3n) is 4.31. The normalized spacial score (nSPS) is 12.4. The van der Waals surface area contributed by atoms with E-state index < -0.39 is 22.1 Å². The predicted molar refractivity (Wildman–Crippen MR) is 111 cm³/mol. The number of para-hydroxylation sites is 1. The summed E-state index contributed by atoms with van der Waals surface area (Å²) in [5.41, 5.74) is 1.02. The Morgan fingerprint density at radius 2 is 1.81 bits per heavy atom. The van der Waals surface area contributed by atoms with E-state index in [1.807, 2.05) is 13.0 Å². The van der Waals surface area contributed by atoms with Crippen LogP contribution in [0.5, 0.6) is 0 Å². The molecule has 0 saturated carbocycles. The summed E-state index contributed by atoms with van der Waals surface area (Å²) in [5.74, 6) is -1.72. The van der Waals surface area contributed by atoms with Gasteiger partial charge >= 0.3 is 12.1 Å². The topological polar surface area (TPSA) is 76.3 Å². The summed E-state index contributed by atoms with van der Waals surface area (Å²) in [6.07, 6.45) is -0.578. The maximum atomic E-state index is 13.3. The van der Waals surface area contributed by atoms with Gasteiger partial charge in [0.1, 0.15) is 0 Å². The molecule has 0 radical (unpaired) electrons. The fraction of sp³-hybridized carbons (Fsp3) is 0.238. The van der Waals surface area contributed by atoms with Gasteiger partial charge < -0.3 is 4.52 Å². The van der Waals surface area contributed by atoms with Crippen LogP contribution in [0.15, 0.2) is 64.0 Å². The van der Waals surface area contributed by atoms with E-state index in [0.29, 0.717) is 24.2 Å². The highest BCUT2D eigenvalue weighted by molar-refractivity contribution is 7.92. The molecule has 3 aromatic rings. The second-order valence-corrected chi connectivity index (χ2v) is 8.49. The molecule has 0 aliphatic carbocycles. The zero-order valence-corrected chi connectivity index (χ0v) is 17.4. The van der Waals surface area contributed by atoms with E-state index >= 15 is 0 Å². The summed E-state index contributed by atoms with van der Waals surface area (Å²) in [6, 6.07) is 14.9. The zero-order valence-electron chi connectivity index (χ0n) is 16.6. The van der Waals surface area contributed by atoms with Crippen LogP contribution in [0.25, 0.3) is 12.2 Å². The molecule has 31 heavy (non-hydrogen) atoms. The first-order valence-corrected chi connectivity index (χ1v) is 10.9. The van der Waals surface area contributed by atoms with Gasteiger partial charge in [0, 0.05) is 6.54 Å². The lowest BCUT2D eigenvalue weighted by Gasteiger charge is -2.24. The maximum absolute atomic E-state index is 13.3. The molecule has 2 aromatic carbocycles. The molecular formula is C21H20F3N3O3S. The summed E-state index contributed by atoms with van der Waals surface area (Å²) in [5, 5.41) is 3.25. The SMILES string of the molecule is CCCCN(c1ccccc1)S(=O)(=O)c1cccc(C=Cc2noc(C(F)(F)F)n2)c1. The Balaban J connectivity index is 1.89. The number of anilines is 1. The Hall–Kier alpha value is -3.14. The number of benzene rings is 2. The smallest absolute Gasteiger partial charge is 0.329 e. The Bertz CT molecular complexity index is 1140. The average Bonchev–Trinajstić information content (AvgIpc) is 3.23. The number of unbranched alkanes of at least 4 members (excludes halogenated alkanes) is 1. The third kappa shape index (κ3) is 5.52. The zero-order chi connectivity index (χ0) is 22.5. The van der Waals surface area contributed by atoms with E-state index in [2.05, 4.69) is 14.7 Å². The molecule has 0 unspecified atom stereocenters. The van der Waals surface area contributed by atoms with Crippen molar-refractivity contribution in [2.75, 3.05) is 10.8 Å². The Morgan fingerprint density at radius 3 is 2.45 bits per heavy atom. The van der Waals surface area contributed by atoms with Crippen molar-refractivity contribution >= 4 is 27.9 Å². The van der Waals surface area contributed by atoms with Gasteiger partial charge in [0.05, 0.1) is 10.6 Å². The largest absolute Gasteiger partial charge is 0.471 e. The molecule has 0 atom stereocenters. The summed E-state index contributed by atoms with van der Waals surface area (Å²) in [4.78, 5) is 3.32. The number of alkyl halides is 3. The number of halogens is 3. The summed E-state index contributed by atoms with van der Waals surface area (Å²) < 4.78 is 69.8. The van der Waals surface area contributed by atoms with Crippen LogP contribution in [0.4, 0.5) is 18.9 Å². The monoisotopic (exact) mass is 451 g/mol. The number of nitrogens with zero attached hydrogens (tertiary/aromatic N) is 3. The van der Waals surface area contributed by atoms with Crippen molar-refractivity contribution < 1.29 is 26.1 Å². The molecule has 0 bridgehead atoms. The standard InChI is InChI=1S/C21H20F3N3O3S/c1-2-3-14-27(17-9-5-4-6-10-17)31(28,29)18-11-7-8-16(15-18)12-13-19-25-20(30-26-19)21(22,23)24/h4-13,15H,2-3,14H2,1H3. The van der Waals surface area contributed by atoms with Gasteiger partial charge in [-0.15, -0.1) is 0 Å². The van der Waals surface area contributed by atoms with Gasteiger partial charge in [0.15, 0.2) is 5.82 Å². The van der Waals surface area contributed by atoms with Gasteiger partial charge in [-0.05, 0) is 42.3 Å². The lowest BCUT2D eigenvalue weighted by molar-refractivity contribution is -0.159. The number of rotatable bonds is 8. The number of sulfonamides is 1. The first-order valence-electron chi connectivity index (χ1n) is 9.48. The fourth-order valence-corrected chi connectivity index (χ4v) is 4.34. The van der Waals surface area contributed by atoms with Crippen molar-refractivity contribution in [3.63, 3.8) is 0 Å². The van der Waals surface area contributed by atoms with E-state index in [4.69, 9.17) is 0 Å². The molecular weight excluding hydrogens is 431 g/mol. The van der Waals surface area contributed by atoms with E-state index in [1.165, 1.54) is 28.6 Å². The molecule has 6 nitrogen and oxygen atoms in total. The highest BCUT2D eigenvalue weighted by atomic mass is 32.2. The Kier molecular flexibility index (Phi) is 6.79. The van der Waals surface area contributed by atoms with Crippen LogP contribution in [-0.4, -0.2) is 25.1 Å². The summed E-state index contributed by atoms with van der Waals surface area (Å²) in [7, 11) is -3.85. The minimum absolute atomic E-state index is 0.0682. The predicted octanol–water partition coefficient (Wildman–Crippen LogP) is 5.25. The summed E-state index contributed by atoms with van der Waals surface area (Å²) >= 11 is 0. The van der Waals surface area contributed by atoms with Crippen molar-refractivity contribution in [2.24, 2.45) is 0 Å². The first-order chi connectivity index (χ1) is 14.7. The third-order valence-corrected chi connectivity index (χ3v) is 6.14. The number of hydrogen-bond acceptors (Lipinski definition) is 5. The molecule has 1 aromatic heterocycles. The van der Waals surface area contributed by atoms with Gasteiger partial charge in [-0.25, -0.2) is 8.42 Å². The van der Waals surface area contributed by atoms with E-state index in [1.54, 1.807) is 36.4 Å². The van der Waals surface area contributed by atoms with Crippen LogP contribution >= 0.6 is 0 Å². The lowest BCUT2D eigenvalue weighted by Crippen LogP contribution is -2.32. The fourth-order valence-electron chi connectivity index (χ4n) is 2.78. The molecule has 1 heterocycles. The minimum atomic E-state index is -4.73. The molecule has 3 rings (SSSR count). The van der Waals surface area contributed by atoms with E-state index in [-0.39, 0.29) is 10.7 Å². The van der Waals surface area contributed by atoms with Crippen LogP contribution in [0.1, 0.15) is 37.0 Å². The highest BCUT2D eigenvalue weighted by Crippen LogP contribution is 2.28. The van der Waals surface area contributed by atoms with Crippen molar-refractivity contribution in [2.45, 2.75) is 30.8 Å². The number of aromatic nitrogens is 2. The van der Waals surface area contributed by atoms with Gasteiger partial charge in [0.2, 0.25) is 0 Å². The Labute approximate surface area is 178 Å². The molecule has 0 aliphatic rings. The van der Waals surface area contributed by atoms with E-state index in [0.717, 1.165) is 6.42 Å². The lowest BCUT2D eigenvalue weighted by atomic mass is 10.2. The quantitative estimate of drug-likeness (QED) is 0.467. The van der Waals surface area contributed by atoms with Crippen LogP contribution in [-0.2, 0) is 16.2 Å². The molecule has 10 heteroatoms. The van der Waals surface area contributed by atoms with Gasteiger partial charge in [0.25, 0.3) is 10.0 Å². The molecule has 0 fully saturated rings. The second kappa shape index (κ2) is 9.34. The summed E-state index contributed by atoms with van der Waals surface area (Å²) in [6.45, 7) is 2.30. The average molecular weight is 451 g/mol. The molecule has 0 saturated heterocycles. The molecule has 0 aliphatic heterocycles. The van der Waals surface area contributed by atoms with Crippen LogP contribution in [0.3, 0.4) is 0 Å². The van der Waals surface area contributed by atoms with Gasteiger partial charge in [-0.2, -0.15) is 18.2 Å². The van der Waals surface area contributed by atoms with E-state index in [9.17, 15) is 21.6 Å². The van der Waals surface area contributed by atoms with Crippen molar-refractivity contribution in [1.29, 1.82) is 0 Å². The second-order valence-electron chi connectivity index (χ2n) is 6.63. The highest BCUT2D eigenvalue weighted by Gasteiger charge is 2.38.